The van der Waals surface area contributed by atoms with Crippen LogP contribution in [-0.4, -0.2) is 22.5 Å². The molecule has 0 atom stereocenters. The van der Waals surface area contributed by atoms with E-state index in [1.165, 1.54) is 6.07 Å². The summed E-state index contributed by atoms with van der Waals surface area (Å²) in [5, 5.41) is 23.1. The van der Waals surface area contributed by atoms with Crippen molar-refractivity contribution in [1.29, 1.82) is 0 Å². The Hall–Kier alpha value is -3.03. The lowest BCUT2D eigenvalue weighted by Crippen LogP contribution is -2.15. The molecule has 0 heterocycles. The lowest BCUT2D eigenvalue weighted by Gasteiger charge is -2.21. The predicted octanol–water partition coefficient (Wildman–Crippen LogP) is 5.72. The molecule has 0 aliphatic heterocycles. The van der Waals surface area contributed by atoms with Crippen molar-refractivity contribution in [1.82, 2.24) is 0 Å². The van der Waals surface area contributed by atoms with Crippen molar-refractivity contribution in [2.75, 3.05) is 12.3 Å². The van der Waals surface area contributed by atoms with Crippen molar-refractivity contribution in [3.8, 4) is 11.5 Å². The Morgan fingerprint density at radius 3 is 1.63 bits per heavy atom. The van der Waals surface area contributed by atoms with Crippen LogP contribution in [0.3, 0.4) is 0 Å². The van der Waals surface area contributed by atoms with Gasteiger partial charge in [-0.05, 0) is 30.0 Å². The number of aromatic hydroxyl groups is 2. The SMILES string of the molecule is O=P(CCc1ccccc1)(CCc1ccccc1)c1cc(O)c2ccccc2c1O. The van der Waals surface area contributed by atoms with Crippen molar-refractivity contribution in [3.05, 3.63) is 102 Å². The van der Waals surface area contributed by atoms with E-state index in [9.17, 15) is 14.8 Å². The van der Waals surface area contributed by atoms with Gasteiger partial charge in [-0.1, -0.05) is 84.9 Å². The average Bonchev–Trinajstić information content (AvgIpc) is 2.80. The topological polar surface area (TPSA) is 57.5 Å². The first-order chi connectivity index (χ1) is 14.6. The van der Waals surface area contributed by atoms with E-state index in [2.05, 4.69) is 0 Å². The summed E-state index contributed by atoms with van der Waals surface area (Å²) in [5.41, 5.74) is 2.23. The number of hydrogen-bond donors (Lipinski definition) is 2. The molecule has 4 heteroatoms. The van der Waals surface area contributed by atoms with Gasteiger partial charge in [0.05, 0.1) is 5.30 Å². The summed E-state index contributed by atoms with van der Waals surface area (Å²) in [5.74, 6) is 0.0749. The summed E-state index contributed by atoms with van der Waals surface area (Å²) in [6.45, 7) is 0. The molecule has 4 aromatic carbocycles. The fourth-order valence-electron chi connectivity index (χ4n) is 3.90. The number of fused-ring (bicyclic) bond motifs is 1. The zero-order valence-electron chi connectivity index (χ0n) is 16.7. The highest BCUT2D eigenvalue weighted by Gasteiger charge is 2.29. The fraction of sp³-hybridized carbons (Fsp3) is 0.154. The molecule has 0 radical (unpaired) electrons. The van der Waals surface area contributed by atoms with Gasteiger partial charge in [-0.2, -0.15) is 0 Å². The molecule has 0 fully saturated rings. The molecule has 0 aromatic heterocycles. The second-order valence-corrected chi connectivity index (χ2v) is 10.8. The van der Waals surface area contributed by atoms with Crippen LogP contribution in [0.5, 0.6) is 11.5 Å². The molecule has 0 saturated heterocycles. The number of aryl methyl sites for hydroxylation is 2. The highest BCUT2D eigenvalue weighted by atomic mass is 31.2. The van der Waals surface area contributed by atoms with Gasteiger partial charge in [0.15, 0.2) is 0 Å². The molecule has 3 nitrogen and oxygen atoms in total. The predicted molar refractivity (Wildman–Crippen MR) is 125 cm³/mol. The third-order valence-electron chi connectivity index (χ3n) is 5.62. The van der Waals surface area contributed by atoms with E-state index in [0.717, 1.165) is 11.1 Å². The first kappa shape index (κ1) is 20.3. The van der Waals surface area contributed by atoms with Gasteiger partial charge < -0.3 is 14.8 Å². The summed E-state index contributed by atoms with van der Waals surface area (Å²) < 4.78 is 14.3. The van der Waals surface area contributed by atoms with Gasteiger partial charge in [0.25, 0.3) is 0 Å². The van der Waals surface area contributed by atoms with E-state index in [0.29, 0.717) is 41.2 Å². The molecular formula is C26H25O3P. The molecule has 0 bridgehead atoms. The van der Waals surface area contributed by atoms with Crippen LogP contribution in [0.4, 0.5) is 0 Å². The Morgan fingerprint density at radius 2 is 1.10 bits per heavy atom. The van der Waals surface area contributed by atoms with Crippen LogP contribution in [0, 0.1) is 0 Å². The van der Waals surface area contributed by atoms with Crippen molar-refractivity contribution in [2.45, 2.75) is 12.8 Å². The van der Waals surface area contributed by atoms with Gasteiger partial charge in [-0.3, -0.25) is 0 Å². The number of rotatable bonds is 7. The van der Waals surface area contributed by atoms with E-state index in [1.807, 2.05) is 72.8 Å². The molecule has 152 valence electrons. The molecule has 0 unspecified atom stereocenters. The van der Waals surface area contributed by atoms with Crippen LogP contribution < -0.4 is 5.30 Å². The summed E-state index contributed by atoms with van der Waals surface area (Å²) >= 11 is 0. The van der Waals surface area contributed by atoms with Gasteiger partial charge in [0, 0.05) is 23.1 Å². The molecule has 2 N–H and O–H groups in total. The Morgan fingerprint density at radius 1 is 0.633 bits per heavy atom. The largest absolute Gasteiger partial charge is 0.507 e. The second-order valence-electron chi connectivity index (χ2n) is 7.62. The minimum absolute atomic E-state index is 0.0212. The van der Waals surface area contributed by atoms with Crippen molar-refractivity contribution < 1.29 is 14.8 Å². The molecule has 4 aromatic rings. The van der Waals surface area contributed by atoms with Crippen LogP contribution in [0.25, 0.3) is 10.8 Å². The van der Waals surface area contributed by atoms with Crippen LogP contribution >= 0.6 is 7.14 Å². The molecular weight excluding hydrogens is 391 g/mol. The standard InChI is InChI=1S/C26H25O3P/c27-24-19-25(26(28)23-14-8-7-13-22(23)24)30(29,17-15-20-9-3-1-4-10-20)18-16-21-11-5-2-6-12-21/h1-14,19,27-28H,15-18H2. The maximum atomic E-state index is 14.3. The first-order valence-corrected chi connectivity index (χ1v) is 12.2. The maximum absolute atomic E-state index is 14.3. The van der Waals surface area contributed by atoms with E-state index in [-0.39, 0.29) is 11.5 Å². The Bertz CT molecular complexity index is 1140. The van der Waals surface area contributed by atoms with Gasteiger partial charge >= 0.3 is 0 Å². The number of hydrogen-bond acceptors (Lipinski definition) is 3. The average molecular weight is 416 g/mol. The van der Waals surface area contributed by atoms with Gasteiger partial charge in [0.2, 0.25) is 0 Å². The number of phenols is 2. The second kappa shape index (κ2) is 8.77. The van der Waals surface area contributed by atoms with Crippen LogP contribution in [0.2, 0.25) is 0 Å². The summed E-state index contributed by atoms with van der Waals surface area (Å²) in [6, 6.07) is 28.6. The lowest BCUT2D eigenvalue weighted by molar-refractivity contribution is 0.472. The van der Waals surface area contributed by atoms with E-state index in [1.54, 1.807) is 12.1 Å². The third kappa shape index (κ3) is 4.27. The highest BCUT2D eigenvalue weighted by molar-refractivity contribution is 7.71. The highest BCUT2D eigenvalue weighted by Crippen LogP contribution is 2.50. The van der Waals surface area contributed by atoms with E-state index >= 15 is 0 Å². The van der Waals surface area contributed by atoms with Crippen LogP contribution in [0.1, 0.15) is 11.1 Å². The number of benzene rings is 4. The fourth-order valence-corrected chi connectivity index (χ4v) is 6.71. The maximum Gasteiger partial charge on any atom is 0.134 e. The van der Waals surface area contributed by atoms with Crippen LogP contribution in [-0.2, 0) is 17.4 Å². The van der Waals surface area contributed by atoms with Gasteiger partial charge in [0.1, 0.15) is 18.6 Å². The first-order valence-electron chi connectivity index (χ1n) is 10.2. The zero-order chi connectivity index (χ0) is 21.0. The summed E-state index contributed by atoms with van der Waals surface area (Å²) in [4.78, 5) is 0. The van der Waals surface area contributed by atoms with Gasteiger partial charge in [-0.15, -0.1) is 0 Å². The molecule has 0 saturated carbocycles. The molecule has 4 rings (SSSR count). The third-order valence-corrected chi connectivity index (χ3v) is 8.73. The van der Waals surface area contributed by atoms with Crippen LogP contribution in [0.15, 0.2) is 91.0 Å². The minimum Gasteiger partial charge on any atom is -0.507 e. The zero-order valence-corrected chi connectivity index (χ0v) is 17.6. The molecule has 30 heavy (non-hydrogen) atoms. The molecule has 0 amide bonds. The Labute approximate surface area is 177 Å². The molecule has 0 spiro atoms. The summed E-state index contributed by atoms with van der Waals surface area (Å²) in [6.07, 6.45) is 2.18. The normalized spacial score (nSPS) is 11.6. The van der Waals surface area contributed by atoms with Crippen molar-refractivity contribution in [2.24, 2.45) is 0 Å². The summed E-state index contributed by atoms with van der Waals surface area (Å²) in [7, 11) is -2.98. The van der Waals surface area contributed by atoms with Gasteiger partial charge in [-0.25, -0.2) is 0 Å². The van der Waals surface area contributed by atoms with E-state index < -0.39 is 7.14 Å². The Balaban J connectivity index is 1.73. The Kier molecular flexibility index (Phi) is 5.92. The van der Waals surface area contributed by atoms with E-state index in [4.69, 9.17) is 0 Å². The van der Waals surface area contributed by atoms with Crippen molar-refractivity contribution >= 4 is 23.2 Å². The monoisotopic (exact) mass is 416 g/mol. The molecule has 0 aliphatic rings. The minimum atomic E-state index is -2.98. The number of phenolic OH excluding ortho intramolecular Hbond substituents is 2. The quantitative estimate of drug-likeness (QED) is 0.299. The lowest BCUT2D eigenvalue weighted by atomic mass is 10.1. The molecule has 0 aliphatic carbocycles. The van der Waals surface area contributed by atoms with Crippen molar-refractivity contribution in [3.63, 3.8) is 0 Å². The smallest absolute Gasteiger partial charge is 0.134 e.